The molecule has 1 fully saturated rings. The van der Waals surface area contributed by atoms with E-state index in [9.17, 15) is 9.18 Å². The molecule has 0 atom stereocenters. The summed E-state index contributed by atoms with van der Waals surface area (Å²) in [5.74, 6) is 0.114. The molecule has 0 aliphatic carbocycles. The number of carbonyl (C=O) groups is 1. The van der Waals surface area contributed by atoms with Crippen LogP contribution >= 0.6 is 11.3 Å². The molecule has 0 saturated carbocycles. The Kier molecular flexibility index (Phi) is 7.18. The zero-order valence-electron chi connectivity index (χ0n) is 21.6. The number of aromatic nitrogens is 2. The fourth-order valence-electron chi connectivity index (χ4n) is 4.18. The van der Waals surface area contributed by atoms with Crippen LogP contribution in [0.25, 0.3) is 20.8 Å². The number of rotatable bonds is 5. The summed E-state index contributed by atoms with van der Waals surface area (Å²) in [6.45, 7) is 9.22. The summed E-state index contributed by atoms with van der Waals surface area (Å²) < 4.78 is 26.4. The molecule has 0 unspecified atom stereocenters. The Morgan fingerprint density at radius 3 is 2.53 bits per heavy atom. The third-order valence-corrected chi connectivity index (χ3v) is 7.22. The molecule has 0 spiro atoms. The van der Waals surface area contributed by atoms with Gasteiger partial charge in [-0.1, -0.05) is 6.07 Å². The van der Waals surface area contributed by atoms with Gasteiger partial charge in [0.1, 0.15) is 11.4 Å². The standard InChI is InChI=1S/C28H30FN5O3S/c1-28(2,3)37-27(35)34-12-10-33(11-13-34)17-18-4-6-21(32-16-18)25-15-22-26(38-25)24(8-9-31-22)36-23-7-5-19(30)14-20(23)29/h4-9,14-16H,10-13,17,30H2,1-3H3. The number of nitrogen functional groups attached to an aromatic ring is 1. The maximum Gasteiger partial charge on any atom is 0.410 e. The number of thiophene rings is 1. The number of nitrogens with zero attached hydrogens (tertiary/aromatic N) is 4. The number of hydrogen-bond donors (Lipinski definition) is 1. The molecule has 1 aliphatic heterocycles. The van der Waals surface area contributed by atoms with Gasteiger partial charge in [-0.15, -0.1) is 11.3 Å². The molecule has 3 aromatic heterocycles. The van der Waals surface area contributed by atoms with Crippen molar-refractivity contribution in [2.24, 2.45) is 0 Å². The van der Waals surface area contributed by atoms with Crippen LogP contribution in [0.2, 0.25) is 0 Å². The zero-order chi connectivity index (χ0) is 26.9. The van der Waals surface area contributed by atoms with Gasteiger partial charge in [-0.25, -0.2) is 9.18 Å². The van der Waals surface area contributed by atoms with Crippen LogP contribution in [0.5, 0.6) is 11.5 Å². The second-order valence-corrected chi connectivity index (χ2v) is 11.3. The topological polar surface area (TPSA) is 93.8 Å². The van der Waals surface area contributed by atoms with Crippen LogP contribution in [0.3, 0.4) is 0 Å². The van der Waals surface area contributed by atoms with Crippen LogP contribution in [-0.2, 0) is 11.3 Å². The molecule has 2 N–H and O–H groups in total. The molecule has 4 heterocycles. The average Bonchev–Trinajstić information content (AvgIpc) is 3.31. The predicted octanol–water partition coefficient (Wildman–Crippen LogP) is 5.92. The lowest BCUT2D eigenvalue weighted by molar-refractivity contribution is 0.0139. The van der Waals surface area contributed by atoms with Crippen molar-refractivity contribution in [3.05, 3.63) is 66.2 Å². The summed E-state index contributed by atoms with van der Waals surface area (Å²) in [7, 11) is 0. The predicted molar refractivity (Wildman–Crippen MR) is 147 cm³/mol. The highest BCUT2D eigenvalue weighted by atomic mass is 32.1. The van der Waals surface area contributed by atoms with Gasteiger partial charge in [-0.05, 0) is 50.6 Å². The number of ether oxygens (including phenoxy) is 2. The van der Waals surface area contributed by atoms with E-state index in [4.69, 9.17) is 15.2 Å². The zero-order valence-corrected chi connectivity index (χ0v) is 22.4. The van der Waals surface area contributed by atoms with Crippen molar-refractivity contribution >= 4 is 33.3 Å². The Morgan fingerprint density at radius 2 is 1.84 bits per heavy atom. The fraction of sp³-hybridized carbons (Fsp3) is 0.321. The minimum atomic E-state index is -0.518. The van der Waals surface area contributed by atoms with E-state index in [0.29, 0.717) is 24.5 Å². The number of nitrogens with two attached hydrogens (primary N) is 1. The van der Waals surface area contributed by atoms with E-state index in [-0.39, 0.29) is 11.8 Å². The van der Waals surface area contributed by atoms with Crippen molar-refractivity contribution in [1.82, 2.24) is 19.8 Å². The normalized spacial score (nSPS) is 14.6. The summed E-state index contributed by atoms with van der Waals surface area (Å²) in [4.78, 5) is 26.4. The lowest BCUT2D eigenvalue weighted by atomic mass is 10.2. The van der Waals surface area contributed by atoms with E-state index in [0.717, 1.165) is 46.0 Å². The minimum Gasteiger partial charge on any atom is -0.453 e. The number of piperazine rings is 1. The maximum absolute atomic E-state index is 14.3. The number of halogens is 1. The van der Waals surface area contributed by atoms with Gasteiger partial charge >= 0.3 is 6.09 Å². The highest BCUT2D eigenvalue weighted by Gasteiger charge is 2.26. The molecule has 4 aromatic rings. The third kappa shape index (κ3) is 6.03. The van der Waals surface area contributed by atoms with E-state index in [1.165, 1.54) is 23.5 Å². The first-order chi connectivity index (χ1) is 18.1. The first-order valence-corrected chi connectivity index (χ1v) is 13.2. The number of pyridine rings is 2. The first-order valence-electron chi connectivity index (χ1n) is 12.4. The Morgan fingerprint density at radius 1 is 1.05 bits per heavy atom. The summed E-state index contributed by atoms with van der Waals surface area (Å²) in [6.07, 6.45) is 3.27. The molecule has 38 heavy (non-hydrogen) atoms. The van der Waals surface area contributed by atoms with E-state index >= 15 is 0 Å². The Labute approximate surface area is 224 Å². The second kappa shape index (κ2) is 10.5. The number of carbonyl (C=O) groups excluding carboxylic acids is 1. The van der Waals surface area contributed by atoms with Crippen LogP contribution in [0.15, 0.2) is 54.9 Å². The molecule has 1 aromatic carbocycles. The van der Waals surface area contributed by atoms with Crippen LogP contribution in [0, 0.1) is 5.82 Å². The van der Waals surface area contributed by atoms with Crippen molar-refractivity contribution in [2.45, 2.75) is 32.9 Å². The molecule has 0 bridgehead atoms. The SMILES string of the molecule is CC(C)(C)OC(=O)N1CCN(Cc2ccc(-c3cc4nccc(Oc5ccc(N)cc5F)c4s3)nc2)CC1. The smallest absolute Gasteiger partial charge is 0.410 e. The highest BCUT2D eigenvalue weighted by Crippen LogP contribution is 2.39. The van der Waals surface area contributed by atoms with Gasteiger partial charge < -0.3 is 20.1 Å². The summed E-state index contributed by atoms with van der Waals surface area (Å²) in [6, 6.07) is 12.1. The Hall–Kier alpha value is -3.76. The second-order valence-electron chi connectivity index (χ2n) is 10.2. The van der Waals surface area contributed by atoms with Gasteiger partial charge in [-0.3, -0.25) is 14.9 Å². The monoisotopic (exact) mass is 535 g/mol. The molecule has 10 heteroatoms. The maximum atomic E-state index is 14.3. The van der Waals surface area contributed by atoms with Gasteiger partial charge in [0.25, 0.3) is 0 Å². The number of fused-ring (bicyclic) bond motifs is 1. The van der Waals surface area contributed by atoms with Crippen molar-refractivity contribution in [3.63, 3.8) is 0 Å². The van der Waals surface area contributed by atoms with Crippen molar-refractivity contribution in [1.29, 1.82) is 0 Å². The van der Waals surface area contributed by atoms with Crippen LogP contribution in [0.1, 0.15) is 26.3 Å². The number of amides is 1. The molecule has 198 valence electrons. The first kappa shape index (κ1) is 25.9. The molecular formula is C28H30FN5O3S. The largest absolute Gasteiger partial charge is 0.453 e. The highest BCUT2D eigenvalue weighted by molar-refractivity contribution is 7.22. The number of hydrogen-bond acceptors (Lipinski definition) is 8. The lowest BCUT2D eigenvalue weighted by Gasteiger charge is -2.35. The van der Waals surface area contributed by atoms with Gasteiger partial charge in [0, 0.05) is 62.9 Å². The van der Waals surface area contributed by atoms with E-state index < -0.39 is 11.4 Å². The van der Waals surface area contributed by atoms with Gasteiger partial charge in [0.05, 0.1) is 20.8 Å². The third-order valence-electron chi connectivity index (χ3n) is 6.06. The van der Waals surface area contributed by atoms with Gasteiger partial charge in [-0.2, -0.15) is 0 Å². The fourth-order valence-corrected chi connectivity index (χ4v) is 5.22. The Balaban J connectivity index is 1.24. The molecule has 1 amide bonds. The number of anilines is 1. The molecule has 1 aliphatic rings. The summed E-state index contributed by atoms with van der Waals surface area (Å²) in [5, 5.41) is 0. The van der Waals surface area contributed by atoms with Crippen molar-refractivity contribution in [2.75, 3.05) is 31.9 Å². The quantitative estimate of drug-likeness (QED) is 0.317. The van der Waals surface area contributed by atoms with E-state index in [2.05, 4.69) is 20.9 Å². The Bertz CT molecular complexity index is 1440. The van der Waals surface area contributed by atoms with E-state index in [1.54, 1.807) is 23.2 Å². The average molecular weight is 536 g/mol. The van der Waals surface area contributed by atoms with Crippen LogP contribution in [0.4, 0.5) is 14.9 Å². The molecule has 1 saturated heterocycles. The minimum absolute atomic E-state index is 0.107. The molecule has 5 rings (SSSR count). The van der Waals surface area contributed by atoms with Gasteiger partial charge in [0.2, 0.25) is 0 Å². The van der Waals surface area contributed by atoms with E-state index in [1.807, 2.05) is 39.1 Å². The van der Waals surface area contributed by atoms with Gasteiger partial charge in [0.15, 0.2) is 11.6 Å². The van der Waals surface area contributed by atoms with Crippen LogP contribution in [-0.4, -0.2) is 57.6 Å². The molecule has 8 nitrogen and oxygen atoms in total. The summed E-state index contributed by atoms with van der Waals surface area (Å²) in [5.41, 5.74) is 8.18. The summed E-state index contributed by atoms with van der Waals surface area (Å²) >= 11 is 1.50. The van der Waals surface area contributed by atoms with Crippen molar-refractivity contribution in [3.8, 4) is 22.1 Å². The molecular weight excluding hydrogens is 505 g/mol. The van der Waals surface area contributed by atoms with Crippen molar-refractivity contribution < 1.29 is 18.7 Å². The van der Waals surface area contributed by atoms with Crippen LogP contribution < -0.4 is 10.5 Å². The molecule has 0 radical (unpaired) electrons. The number of benzene rings is 1. The lowest BCUT2D eigenvalue weighted by Crippen LogP contribution is -2.49.